The van der Waals surface area contributed by atoms with Gasteiger partial charge >= 0.3 is 5.69 Å². The van der Waals surface area contributed by atoms with E-state index in [0.29, 0.717) is 5.56 Å². The predicted octanol–water partition coefficient (Wildman–Crippen LogP) is 1.44. The van der Waals surface area contributed by atoms with Gasteiger partial charge in [-0.05, 0) is 30.4 Å². The topological polar surface area (TPSA) is 113 Å². The van der Waals surface area contributed by atoms with Gasteiger partial charge in [-0.2, -0.15) is 10.1 Å². The molecule has 1 saturated carbocycles. The number of rotatable bonds is 3. The van der Waals surface area contributed by atoms with Gasteiger partial charge < -0.3 is 5.11 Å². The lowest BCUT2D eigenvalue weighted by atomic mass is 9.85. The molecule has 2 aliphatic carbocycles. The number of aromatic hydroxyl groups is 1. The number of carbonyl (C=O) groups excluding carboxylic acids is 2. The van der Waals surface area contributed by atoms with E-state index in [4.69, 9.17) is 0 Å². The third-order valence-corrected chi connectivity index (χ3v) is 4.97. The number of imide groups is 1. The lowest BCUT2D eigenvalue weighted by Crippen LogP contribution is -2.28. The van der Waals surface area contributed by atoms with Gasteiger partial charge in [0, 0.05) is 11.6 Å². The second kappa shape index (κ2) is 4.98. The standard InChI is InChI=1S/C16H13N3O5/c20-12-4-1-8(5-11(12)19(23)24)7-17-18-15(21)13-9-2-3-10(6-9)14(13)16(18)22/h1-5,7,9-10,13-14,20H,6H2/b17-7-/t9-,10-,13-,14-/m0/s1. The molecule has 4 rings (SSSR count). The summed E-state index contributed by atoms with van der Waals surface area (Å²) in [6.45, 7) is 0. The highest BCUT2D eigenvalue weighted by Crippen LogP contribution is 2.52. The number of nitro groups is 1. The monoisotopic (exact) mass is 327 g/mol. The van der Waals surface area contributed by atoms with E-state index < -0.39 is 16.4 Å². The zero-order chi connectivity index (χ0) is 17.0. The zero-order valence-electron chi connectivity index (χ0n) is 12.4. The first-order chi connectivity index (χ1) is 11.5. The molecule has 0 radical (unpaired) electrons. The van der Waals surface area contributed by atoms with Crippen LogP contribution in [0, 0.1) is 33.8 Å². The summed E-state index contributed by atoms with van der Waals surface area (Å²) in [6.07, 6.45) is 6.05. The zero-order valence-corrected chi connectivity index (χ0v) is 12.4. The van der Waals surface area contributed by atoms with E-state index in [-0.39, 0.29) is 35.5 Å². The first kappa shape index (κ1) is 14.6. The van der Waals surface area contributed by atoms with E-state index in [0.717, 1.165) is 17.5 Å². The van der Waals surface area contributed by atoms with E-state index in [9.17, 15) is 24.8 Å². The van der Waals surface area contributed by atoms with Gasteiger partial charge in [0.15, 0.2) is 5.75 Å². The number of phenols is 1. The lowest BCUT2D eigenvalue weighted by molar-refractivity contribution is -0.385. The quantitative estimate of drug-likeness (QED) is 0.297. The van der Waals surface area contributed by atoms with Crippen molar-refractivity contribution < 1.29 is 19.6 Å². The Morgan fingerprint density at radius 3 is 2.42 bits per heavy atom. The Labute approximate surface area is 136 Å². The fourth-order valence-corrected chi connectivity index (χ4v) is 3.89. The molecule has 1 saturated heterocycles. The fraction of sp³-hybridized carbons (Fsp3) is 0.312. The Kier molecular flexibility index (Phi) is 3.02. The van der Waals surface area contributed by atoms with Crippen molar-refractivity contribution in [2.45, 2.75) is 6.42 Å². The Bertz CT molecular complexity index is 801. The number of hydrogen-bond donors (Lipinski definition) is 1. The van der Waals surface area contributed by atoms with Crippen LogP contribution in [0.2, 0.25) is 0 Å². The van der Waals surface area contributed by atoms with Crippen LogP contribution in [0.4, 0.5) is 5.69 Å². The normalized spacial score (nSPS) is 30.6. The summed E-state index contributed by atoms with van der Waals surface area (Å²) < 4.78 is 0. The minimum Gasteiger partial charge on any atom is -0.502 e. The van der Waals surface area contributed by atoms with Crippen LogP contribution < -0.4 is 0 Å². The maximum absolute atomic E-state index is 12.4. The molecule has 2 amide bonds. The molecule has 0 aromatic heterocycles. The summed E-state index contributed by atoms with van der Waals surface area (Å²) in [7, 11) is 0. The molecular weight excluding hydrogens is 314 g/mol. The third-order valence-electron chi connectivity index (χ3n) is 4.97. The van der Waals surface area contributed by atoms with Crippen molar-refractivity contribution in [3.63, 3.8) is 0 Å². The maximum Gasteiger partial charge on any atom is 0.311 e. The van der Waals surface area contributed by atoms with E-state index in [1.54, 1.807) is 0 Å². The molecule has 4 atom stereocenters. The van der Waals surface area contributed by atoms with Crippen LogP contribution in [-0.2, 0) is 9.59 Å². The molecule has 122 valence electrons. The van der Waals surface area contributed by atoms with Crippen molar-refractivity contribution in [1.82, 2.24) is 5.01 Å². The van der Waals surface area contributed by atoms with E-state index >= 15 is 0 Å². The van der Waals surface area contributed by atoms with Gasteiger partial charge in [0.25, 0.3) is 11.8 Å². The molecule has 1 heterocycles. The van der Waals surface area contributed by atoms with Gasteiger partial charge in [-0.1, -0.05) is 12.2 Å². The number of nitro benzene ring substituents is 1. The SMILES string of the molecule is O=C1[C@@H]2[C@@H](C(=O)N1/N=C\c1ccc(O)c([N+](=O)[O-])c1)[C@H]1C=C[C@H]2C1. The highest BCUT2D eigenvalue weighted by Gasteiger charge is 2.59. The van der Waals surface area contributed by atoms with Crippen molar-refractivity contribution in [2.24, 2.45) is 28.8 Å². The molecule has 3 aliphatic rings. The average Bonchev–Trinajstić information content (AvgIpc) is 3.22. The Morgan fingerprint density at radius 1 is 1.21 bits per heavy atom. The molecule has 1 aromatic rings. The van der Waals surface area contributed by atoms with Crippen LogP contribution in [0.3, 0.4) is 0 Å². The minimum absolute atomic E-state index is 0.103. The van der Waals surface area contributed by atoms with E-state index in [1.165, 1.54) is 18.3 Å². The van der Waals surface area contributed by atoms with Gasteiger partial charge in [0.2, 0.25) is 0 Å². The number of nitrogens with zero attached hydrogens (tertiary/aromatic N) is 3. The van der Waals surface area contributed by atoms with E-state index in [2.05, 4.69) is 5.10 Å². The molecule has 0 unspecified atom stereocenters. The van der Waals surface area contributed by atoms with Crippen LogP contribution in [0.25, 0.3) is 0 Å². The van der Waals surface area contributed by atoms with Crippen molar-refractivity contribution in [2.75, 3.05) is 0 Å². The molecular formula is C16H13N3O5. The highest BCUT2D eigenvalue weighted by molar-refractivity contribution is 6.06. The summed E-state index contributed by atoms with van der Waals surface area (Å²) in [5, 5.41) is 25.1. The Morgan fingerprint density at radius 2 is 1.83 bits per heavy atom. The van der Waals surface area contributed by atoms with Crippen LogP contribution in [0.15, 0.2) is 35.5 Å². The molecule has 1 aliphatic heterocycles. The van der Waals surface area contributed by atoms with Crippen LogP contribution >= 0.6 is 0 Å². The van der Waals surface area contributed by atoms with Gasteiger partial charge in [-0.25, -0.2) is 0 Å². The Balaban J connectivity index is 1.59. The van der Waals surface area contributed by atoms with Gasteiger partial charge in [-0.3, -0.25) is 19.7 Å². The van der Waals surface area contributed by atoms with Gasteiger partial charge in [0.1, 0.15) is 0 Å². The summed E-state index contributed by atoms with van der Waals surface area (Å²) in [6, 6.07) is 3.73. The van der Waals surface area contributed by atoms with Crippen LogP contribution in [-0.4, -0.2) is 33.1 Å². The van der Waals surface area contributed by atoms with Crippen LogP contribution in [0.1, 0.15) is 12.0 Å². The molecule has 0 spiro atoms. The average molecular weight is 327 g/mol. The summed E-state index contributed by atoms with van der Waals surface area (Å²) in [4.78, 5) is 35.0. The Hall–Kier alpha value is -3.03. The number of amides is 2. The molecule has 8 nitrogen and oxygen atoms in total. The smallest absolute Gasteiger partial charge is 0.311 e. The molecule has 1 aromatic carbocycles. The number of hydrazone groups is 1. The number of allylic oxidation sites excluding steroid dienone is 2. The first-order valence-corrected chi connectivity index (χ1v) is 7.55. The molecule has 24 heavy (non-hydrogen) atoms. The van der Waals surface area contributed by atoms with Crippen molar-refractivity contribution in [3.05, 3.63) is 46.0 Å². The molecule has 2 bridgehead atoms. The van der Waals surface area contributed by atoms with Crippen molar-refractivity contribution >= 4 is 23.7 Å². The maximum atomic E-state index is 12.4. The summed E-state index contributed by atoms with van der Waals surface area (Å²) in [5.41, 5.74) is -0.143. The largest absolute Gasteiger partial charge is 0.502 e. The number of benzene rings is 1. The van der Waals surface area contributed by atoms with E-state index in [1.807, 2.05) is 12.2 Å². The molecule has 1 N–H and O–H groups in total. The predicted molar refractivity (Wildman–Crippen MR) is 81.9 cm³/mol. The molecule has 8 heteroatoms. The molecule has 2 fully saturated rings. The lowest BCUT2D eigenvalue weighted by Gasteiger charge is -2.13. The summed E-state index contributed by atoms with van der Waals surface area (Å²) in [5.74, 6) is -1.55. The second-order valence-electron chi connectivity index (χ2n) is 6.24. The highest BCUT2D eigenvalue weighted by atomic mass is 16.6. The fourth-order valence-electron chi connectivity index (χ4n) is 3.89. The van der Waals surface area contributed by atoms with Gasteiger partial charge in [0.05, 0.1) is 23.0 Å². The minimum atomic E-state index is -0.716. The summed E-state index contributed by atoms with van der Waals surface area (Å²) >= 11 is 0. The number of phenolic OH excluding ortho intramolecular Hbond substituents is 1. The van der Waals surface area contributed by atoms with Crippen LogP contribution in [0.5, 0.6) is 5.75 Å². The number of fused-ring (bicyclic) bond motifs is 5. The van der Waals surface area contributed by atoms with Crippen molar-refractivity contribution in [1.29, 1.82) is 0 Å². The third kappa shape index (κ3) is 1.96. The van der Waals surface area contributed by atoms with Gasteiger partial charge in [-0.15, -0.1) is 0 Å². The van der Waals surface area contributed by atoms with Crippen molar-refractivity contribution in [3.8, 4) is 5.75 Å². The first-order valence-electron chi connectivity index (χ1n) is 7.55. The number of carbonyl (C=O) groups is 2. The number of hydrogen-bond acceptors (Lipinski definition) is 6. The second-order valence-corrected chi connectivity index (χ2v) is 6.24.